The molecule has 106 valence electrons. The Hall–Kier alpha value is -1.39. The molecule has 0 atom stereocenters. The molecule has 2 aromatic rings. The number of piperidine rings is 1. The van der Waals surface area contributed by atoms with Crippen molar-refractivity contribution in [3.8, 4) is 0 Å². The van der Waals surface area contributed by atoms with Crippen LogP contribution in [0.15, 0.2) is 35.8 Å². The number of nitrogens with zero attached hydrogens (tertiary/aromatic N) is 2. The van der Waals surface area contributed by atoms with Crippen LogP contribution in [0, 0.1) is 6.92 Å². The maximum absolute atomic E-state index is 4.43. The zero-order valence-corrected chi connectivity index (χ0v) is 12.7. The number of rotatable bonds is 4. The monoisotopic (exact) mass is 287 g/mol. The molecule has 0 bridgehead atoms. The summed E-state index contributed by atoms with van der Waals surface area (Å²) in [5.74, 6) is 1.11. The molecule has 0 aromatic carbocycles. The third kappa shape index (κ3) is 3.19. The number of anilines is 1. The molecule has 0 unspecified atom stereocenters. The number of hydrogen-bond acceptors (Lipinski definition) is 4. The zero-order valence-electron chi connectivity index (χ0n) is 11.9. The Labute approximate surface area is 124 Å². The van der Waals surface area contributed by atoms with E-state index in [0.29, 0.717) is 6.04 Å². The maximum atomic E-state index is 4.43. The highest BCUT2D eigenvalue weighted by atomic mass is 32.1. The van der Waals surface area contributed by atoms with Crippen molar-refractivity contribution in [2.75, 3.05) is 18.0 Å². The Morgan fingerprint density at radius 2 is 2.15 bits per heavy atom. The van der Waals surface area contributed by atoms with Gasteiger partial charge in [0.2, 0.25) is 0 Å². The molecule has 20 heavy (non-hydrogen) atoms. The highest BCUT2D eigenvalue weighted by molar-refractivity contribution is 7.10. The van der Waals surface area contributed by atoms with Crippen LogP contribution < -0.4 is 10.2 Å². The van der Waals surface area contributed by atoms with Gasteiger partial charge in [-0.25, -0.2) is 4.98 Å². The fraction of sp³-hybridized carbons (Fsp3) is 0.438. The van der Waals surface area contributed by atoms with Crippen LogP contribution in [-0.2, 0) is 6.54 Å². The maximum Gasteiger partial charge on any atom is 0.128 e. The highest BCUT2D eigenvalue weighted by Gasteiger charge is 2.19. The SMILES string of the molecule is Cc1ccsc1CNC1CCN(c2ccccn2)CC1. The average Bonchev–Trinajstić information content (AvgIpc) is 2.92. The summed E-state index contributed by atoms with van der Waals surface area (Å²) < 4.78 is 0. The summed E-state index contributed by atoms with van der Waals surface area (Å²) in [6.07, 6.45) is 4.27. The van der Waals surface area contributed by atoms with Crippen LogP contribution in [0.1, 0.15) is 23.3 Å². The van der Waals surface area contributed by atoms with Crippen molar-refractivity contribution in [3.63, 3.8) is 0 Å². The Morgan fingerprint density at radius 3 is 2.80 bits per heavy atom. The smallest absolute Gasteiger partial charge is 0.128 e. The Balaban J connectivity index is 1.48. The molecule has 1 aliphatic rings. The first kappa shape index (κ1) is 13.6. The molecule has 1 fully saturated rings. The summed E-state index contributed by atoms with van der Waals surface area (Å²) in [7, 11) is 0. The quantitative estimate of drug-likeness (QED) is 0.936. The number of aromatic nitrogens is 1. The minimum absolute atomic E-state index is 0.636. The Kier molecular flexibility index (Phi) is 4.33. The Bertz CT molecular complexity index is 530. The van der Waals surface area contributed by atoms with Gasteiger partial charge in [-0.2, -0.15) is 0 Å². The lowest BCUT2D eigenvalue weighted by molar-refractivity contribution is 0.414. The molecule has 0 amide bonds. The second-order valence-corrected chi connectivity index (χ2v) is 6.36. The highest BCUT2D eigenvalue weighted by Crippen LogP contribution is 2.19. The van der Waals surface area contributed by atoms with Gasteiger partial charge in [-0.1, -0.05) is 6.07 Å². The van der Waals surface area contributed by atoms with E-state index in [1.54, 1.807) is 0 Å². The van der Waals surface area contributed by atoms with E-state index in [4.69, 9.17) is 0 Å². The van der Waals surface area contributed by atoms with E-state index in [9.17, 15) is 0 Å². The summed E-state index contributed by atoms with van der Waals surface area (Å²) in [6, 6.07) is 8.97. The van der Waals surface area contributed by atoms with Gasteiger partial charge in [-0.15, -0.1) is 11.3 Å². The van der Waals surface area contributed by atoms with Crippen molar-refractivity contribution in [3.05, 3.63) is 46.3 Å². The van der Waals surface area contributed by atoms with Crippen molar-refractivity contribution in [2.24, 2.45) is 0 Å². The van der Waals surface area contributed by atoms with E-state index in [1.807, 2.05) is 23.6 Å². The second-order valence-electron chi connectivity index (χ2n) is 5.36. The number of pyridine rings is 1. The average molecular weight is 287 g/mol. The summed E-state index contributed by atoms with van der Waals surface area (Å²) >= 11 is 1.85. The second kappa shape index (κ2) is 6.37. The lowest BCUT2D eigenvalue weighted by atomic mass is 10.0. The molecule has 0 aliphatic carbocycles. The molecule has 4 heteroatoms. The van der Waals surface area contributed by atoms with E-state index in [2.05, 4.69) is 45.7 Å². The van der Waals surface area contributed by atoms with Crippen LogP contribution in [-0.4, -0.2) is 24.1 Å². The molecule has 0 radical (unpaired) electrons. The van der Waals surface area contributed by atoms with E-state index in [0.717, 1.165) is 25.5 Å². The zero-order chi connectivity index (χ0) is 13.8. The predicted octanol–water partition coefficient (Wildman–Crippen LogP) is 3.21. The molecule has 3 nitrogen and oxygen atoms in total. The summed E-state index contributed by atoms with van der Waals surface area (Å²) in [4.78, 5) is 8.29. The lowest BCUT2D eigenvalue weighted by Crippen LogP contribution is -2.42. The first-order valence-electron chi connectivity index (χ1n) is 7.25. The van der Waals surface area contributed by atoms with Gasteiger partial charge in [0.05, 0.1) is 0 Å². The lowest BCUT2D eigenvalue weighted by Gasteiger charge is -2.33. The van der Waals surface area contributed by atoms with Crippen LogP contribution in [0.5, 0.6) is 0 Å². The van der Waals surface area contributed by atoms with Crippen LogP contribution in [0.3, 0.4) is 0 Å². The van der Waals surface area contributed by atoms with Gasteiger partial charge < -0.3 is 10.2 Å². The summed E-state index contributed by atoms with van der Waals surface area (Å²) in [5, 5.41) is 5.88. The van der Waals surface area contributed by atoms with Gasteiger partial charge in [0, 0.05) is 36.8 Å². The molecule has 1 N–H and O–H groups in total. The number of nitrogens with one attached hydrogen (secondary N) is 1. The Morgan fingerprint density at radius 1 is 1.30 bits per heavy atom. The van der Waals surface area contributed by atoms with Crippen molar-refractivity contribution >= 4 is 17.2 Å². The van der Waals surface area contributed by atoms with Gasteiger partial charge in [0.25, 0.3) is 0 Å². The first-order chi connectivity index (χ1) is 9.83. The van der Waals surface area contributed by atoms with E-state index in [1.165, 1.54) is 23.3 Å². The molecule has 3 rings (SSSR count). The standard InChI is InChI=1S/C16H21N3S/c1-13-7-11-20-15(13)12-18-14-5-9-19(10-6-14)16-4-2-3-8-17-16/h2-4,7-8,11,14,18H,5-6,9-10,12H2,1H3. The molecule has 0 spiro atoms. The van der Waals surface area contributed by atoms with E-state index >= 15 is 0 Å². The van der Waals surface area contributed by atoms with Gasteiger partial charge in [0.15, 0.2) is 0 Å². The van der Waals surface area contributed by atoms with Crippen LogP contribution in [0.2, 0.25) is 0 Å². The third-order valence-electron chi connectivity index (χ3n) is 3.99. The van der Waals surface area contributed by atoms with Gasteiger partial charge in [-0.05, 0) is 48.9 Å². The summed E-state index contributed by atoms with van der Waals surface area (Å²) in [5.41, 5.74) is 1.41. The normalized spacial score (nSPS) is 16.6. The molecule has 1 aliphatic heterocycles. The molecular formula is C16H21N3S. The van der Waals surface area contributed by atoms with E-state index < -0.39 is 0 Å². The van der Waals surface area contributed by atoms with Gasteiger partial charge >= 0.3 is 0 Å². The fourth-order valence-electron chi connectivity index (χ4n) is 2.68. The van der Waals surface area contributed by atoms with Crippen LogP contribution >= 0.6 is 11.3 Å². The van der Waals surface area contributed by atoms with Crippen molar-refractivity contribution in [2.45, 2.75) is 32.4 Å². The molecule has 0 saturated carbocycles. The van der Waals surface area contributed by atoms with Crippen molar-refractivity contribution in [1.29, 1.82) is 0 Å². The van der Waals surface area contributed by atoms with E-state index in [-0.39, 0.29) is 0 Å². The molecule has 3 heterocycles. The van der Waals surface area contributed by atoms with Gasteiger partial charge in [0.1, 0.15) is 5.82 Å². The van der Waals surface area contributed by atoms with Gasteiger partial charge in [-0.3, -0.25) is 0 Å². The first-order valence-corrected chi connectivity index (χ1v) is 8.13. The topological polar surface area (TPSA) is 28.2 Å². The summed E-state index contributed by atoms with van der Waals surface area (Å²) in [6.45, 7) is 5.39. The fourth-order valence-corrected chi connectivity index (χ4v) is 3.53. The van der Waals surface area contributed by atoms with Crippen molar-refractivity contribution < 1.29 is 0 Å². The largest absolute Gasteiger partial charge is 0.357 e. The molecular weight excluding hydrogens is 266 g/mol. The molecule has 2 aromatic heterocycles. The molecule has 1 saturated heterocycles. The number of aryl methyl sites for hydroxylation is 1. The van der Waals surface area contributed by atoms with Crippen molar-refractivity contribution in [1.82, 2.24) is 10.3 Å². The minimum Gasteiger partial charge on any atom is -0.357 e. The number of hydrogen-bond donors (Lipinski definition) is 1. The number of thiophene rings is 1. The van der Waals surface area contributed by atoms with Crippen LogP contribution in [0.4, 0.5) is 5.82 Å². The minimum atomic E-state index is 0.636. The van der Waals surface area contributed by atoms with Crippen LogP contribution in [0.25, 0.3) is 0 Å². The predicted molar refractivity (Wildman–Crippen MR) is 85.4 cm³/mol. The third-order valence-corrected chi connectivity index (χ3v) is 5.01.